The summed E-state index contributed by atoms with van der Waals surface area (Å²) in [6.07, 6.45) is 14.5. The van der Waals surface area contributed by atoms with E-state index < -0.39 is 40.6 Å². The standard InChI is InChI=1S/C40H38ClF3N4O4/c1-5-25(42)8-6-7-21(2)27(19-46-38(49)24-12-11-23-13-14-32(22-9-10-22)47-35(23)34(15-24)51-4)33-17-28-37(52-20-40(28,3)39(45)50)36(48-33)26-16-29(41)31(44)18-30(26)43/h5-8,12,14-18,22-23,27H,1-2,9-11,13,19-20H2,3-4H3,(H2,45,50)(H,46,49)/b7-6-,25-8+/t23?,27-,40-/m0/s1. The van der Waals surface area contributed by atoms with Crippen LogP contribution in [0.4, 0.5) is 13.2 Å². The average molecular weight is 731 g/mol. The van der Waals surface area contributed by atoms with Crippen molar-refractivity contribution in [2.45, 2.75) is 43.9 Å². The normalized spacial score (nSPS) is 21.7. The maximum atomic E-state index is 15.4. The lowest BCUT2D eigenvalue weighted by Crippen LogP contribution is -2.40. The van der Waals surface area contributed by atoms with Gasteiger partial charge in [-0.1, -0.05) is 49.1 Å². The van der Waals surface area contributed by atoms with E-state index in [9.17, 15) is 18.4 Å². The highest BCUT2D eigenvalue weighted by Gasteiger charge is 2.44. The zero-order valence-corrected chi connectivity index (χ0v) is 29.5. The van der Waals surface area contributed by atoms with Gasteiger partial charge in [-0.25, -0.2) is 18.2 Å². The van der Waals surface area contributed by atoms with Crippen molar-refractivity contribution in [2.24, 2.45) is 22.6 Å². The molecule has 270 valence electrons. The first kappa shape index (κ1) is 36.6. The number of halogens is 4. The Balaban J connectivity index is 1.39. The van der Waals surface area contributed by atoms with E-state index in [1.54, 1.807) is 26.2 Å². The van der Waals surface area contributed by atoms with Crippen molar-refractivity contribution in [1.29, 1.82) is 0 Å². The van der Waals surface area contributed by atoms with Gasteiger partial charge in [0.25, 0.3) is 5.91 Å². The van der Waals surface area contributed by atoms with Gasteiger partial charge in [0.2, 0.25) is 5.91 Å². The molecule has 4 aliphatic rings. The zero-order chi connectivity index (χ0) is 37.3. The predicted molar refractivity (Wildman–Crippen MR) is 194 cm³/mol. The van der Waals surface area contributed by atoms with Gasteiger partial charge in [-0.05, 0) is 68.5 Å². The molecule has 12 heteroatoms. The smallest absolute Gasteiger partial charge is 0.251 e. The van der Waals surface area contributed by atoms with Crippen molar-refractivity contribution in [3.8, 4) is 17.0 Å². The second-order valence-electron chi connectivity index (χ2n) is 13.4. The molecule has 0 radical (unpaired) electrons. The number of amides is 2. The van der Waals surface area contributed by atoms with Crippen molar-refractivity contribution >= 4 is 29.1 Å². The van der Waals surface area contributed by atoms with Gasteiger partial charge in [0, 0.05) is 52.8 Å². The number of aromatic nitrogens is 1. The fourth-order valence-electron chi connectivity index (χ4n) is 6.46. The highest BCUT2D eigenvalue weighted by atomic mass is 35.5. The Hall–Kier alpha value is -5.16. The first-order chi connectivity index (χ1) is 24.8. The van der Waals surface area contributed by atoms with Gasteiger partial charge < -0.3 is 20.5 Å². The molecule has 1 saturated carbocycles. The van der Waals surface area contributed by atoms with E-state index in [-0.39, 0.29) is 46.8 Å². The Morgan fingerprint density at radius 3 is 2.63 bits per heavy atom. The Morgan fingerprint density at radius 1 is 1.19 bits per heavy atom. The molecule has 0 bridgehead atoms. The number of fused-ring (bicyclic) bond motifs is 2. The second-order valence-corrected chi connectivity index (χ2v) is 13.8. The maximum absolute atomic E-state index is 15.4. The number of methoxy groups -OCH3 is 1. The fraction of sp³-hybridized carbons (Fsp3) is 0.300. The van der Waals surface area contributed by atoms with Crippen LogP contribution in [-0.2, 0) is 19.7 Å². The fourth-order valence-corrected chi connectivity index (χ4v) is 6.62. The van der Waals surface area contributed by atoms with E-state index >= 15 is 4.39 Å². The third-order valence-corrected chi connectivity index (χ3v) is 10.1. The molecule has 3 N–H and O–H groups in total. The Labute approximate surface area is 305 Å². The summed E-state index contributed by atoms with van der Waals surface area (Å²) in [5, 5.41) is 2.61. The van der Waals surface area contributed by atoms with Crippen LogP contribution in [0.1, 0.15) is 49.8 Å². The number of benzene rings is 1. The minimum atomic E-state index is -1.34. The molecule has 2 aromatic rings. The number of nitrogens with zero attached hydrogens (tertiary/aromatic N) is 2. The number of rotatable bonds is 12. The number of pyridine rings is 1. The molecule has 52 heavy (non-hydrogen) atoms. The Kier molecular flexibility index (Phi) is 10.4. The van der Waals surface area contributed by atoms with Gasteiger partial charge >= 0.3 is 0 Å². The number of nitrogens with two attached hydrogens (primary N) is 1. The summed E-state index contributed by atoms with van der Waals surface area (Å²) in [7, 11) is 1.55. The van der Waals surface area contributed by atoms with Crippen LogP contribution >= 0.6 is 11.6 Å². The van der Waals surface area contributed by atoms with Crippen LogP contribution in [0.15, 0.2) is 107 Å². The van der Waals surface area contributed by atoms with E-state index in [0.717, 1.165) is 42.8 Å². The maximum Gasteiger partial charge on any atom is 0.251 e. The Morgan fingerprint density at radius 2 is 1.94 bits per heavy atom. The topological polar surface area (TPSA) is 116 Å². The summed E-state index contributed by atoms with van der Waals surface area (Å²) in [6.45, 7) is 8.94. The van der Waals surface area contributed by atoms with E-state index in [4.69, 9.17) is 36.8 Å². The van der Waals surface area contributed by atoms with Gasteiger partial charge in [0.1, 0.15) is 46.7 Å². The lowest BCUT2D eigenvalue weighted by molar-refractivity contribution is -0.123. The van der Waals surface area contributed by atoms with E-state index in [2.05, 4.69) is 24.6 Å². The number of carbonyl (C=O) groups excluding carboxylic acids is 2. The summed E-state index contributed by atoms with van der Waals surface area (Å²) in [6, 6.07) is 3.31. The third-order valence-electron chi connectivity index (χ3n) is 9.82. The first-order valence-corrected chi connectivity index (χ1v) is 17.2. The van der Waals surface area contributed by atoms with Crippen LogP contribution in [0.2, 0.25) is 5.02 Å². The lowest BCUT2D eigenvalue weighted by Gasteiger charge is -2.23. The molecule has 1 fully saturated rings. The summed E-state index contributed by atoms with van der Waals surface area (Å²) in [4.78, 5) is 36.3. The molecule has 8 nitrogen and oxygen atoms in total. The number of carbonyl (C=O) groups is 2. The molecule has 0 spiro atoms. The number of primary amides is 1. The van der Waals surface area contributed by atoms with Crippen molar-refractivity contribution in [2.75, 3.05) is 20.3 Å². The SMILES string of the molecule is C=C/C(F)=C\C=C/C(=C)[C@H](CNC(=O)C1=CCC2CC=C(C3CC3)N=C2C(OC)=C1)c1cc2c(c(-c3cc(Cl)c(F)cc3F)n1)OC[C@]2(C)C(N)=O. The lowest BCUT2D eigenvalue weighted by atomic mass is 9.81. The summed E-state index contributed by atoms with van der Waals surface area (Å²) < 4.78 is 55.1. The average Bonchev–Trinajstić information content (AvgIpc) is 3.94. The van der Waals surface area contributed by atoms with Crippen LogP contribution in [0.25, 0.3) is 11.3 Å². The summed E-state index contributed by atoms with van der Waals surface area (Å²) in [5.41, 5.74) is 7.47. The van der Waals surface area contributed by atoms with E-state index in [0.29, 0.717) is 40.9 Å². The van der Waals surface area contributed by atoms with Crippen LogP contribution in [0, 0.1) is 23.5 Å². The van der Waals surface area contributed by atoms with E-state index in [1.165, 1.54) is 18.2 Å². The molecular formula is C40H38ClF3N4O4. The summed E-state index contributed by atoms with van der Waals surface area (Å²) in [5.74, 6) is -3.31. The van der Waals surface area contributed by atoms with Gasteiger partial charge in [0.05, 0.1) is 23.5 Å². The van der Waals surface area contributed by atoms with Crippen LogP contribution in [0.5, 0.6) is 5.75 Å². The number of nitrogens with one attached hydrogen (secondary N) is 1. The van der Waals surface area contributed by atoms with Crippen LogP contribution in [-0.4, -0.2) is 42.8 Å². The number of hydrogen-bond acceptors (Lipinski definition) is 6. The van der Waals surface area contributed by atoms with Gasteiger partial charge in [0.15, 0.2) is 0 Å². The molecule has 3 heterocycles. The van der Waals surface area contributed by atoms with Gasteiger partial charge in [-0.15, -0.1) is 0 Å². The van der Waals surface area contributed by atoms with Gasteiger partial charge in [-0.3, -0.25) is 14.6 Å². The van der Waals surface area contributed by atoms with Crippen LogP contribution < -0.4 is 15.8 Å². The molecule has 0 saturated heterocycles. The van der Waals surface area contributed by atoms with Gasteiger partial charge in [-0.2, -0.15) is 0 Å². The molecule has 1 aromatic carbocycles. The number of ether oxygens (including phenoxy) is 2. The van der Waals surface area contributed by atoms with Crippen molar-refractivity contribution in [1.82, 2.24) is 10.3 Å². The first-order valence-electron chi connectivity index (χ1n) is 16.9. The van der Waals surface area contributed by atoms with Crippen LogP contribution in [0.3, 0.4) is 0 Å². The number of allylic oxidation sites excluding steroid dienone is 9. The molecule has 2 amide bonds. The minimum Gasteiger partial charge on any atom is -0.495 e. The molecule has 6 rings (SSSR count). The molecule has 1 aromatic heterocycles. The van der Waals surface area contributed by atoms with Crippen molar-refractivity contribution < 1.29 is 32.2 Å². The molecule has 1 unspecified atom stereocenters. The van der Waals surface area contributed by atoms with Crippen molar-refractivity contribution in [3.05, 3.63) is 130 Å². The zero-order valence-electron chi connectivity index (χ0n) is 28.8. The molecular weight excluding hydrogens is 693 g/mol. The predicted octanol–water partition coefficient (Wildman–Crippen LogP) is 7.78. The summed E-state index contributed by atoms with van der Waals surface area (Å²) >= 11 is 6.07. The monoisotopic (exact) mass is 730 g/mol. The second kappa shape index (κ2) is 14.8. The molecule has 2 aliphatic carbocycles. The quantitative estimate of drug-likeness (QED) is 0.171. The highest BCUT2D eigenvalue weighted by Crippen LogP contribution is 2.47. The highest BCUT2D eigenvalue weighted by molar-refractivity contribution is 6.31. The molecule has 3 atom stereocenters. The molecule has 2 aliphatic heterocycles. The minimum absolute atomic E-state index is 0.0516. The third kappa shape index (κ3) is 7.27. The number of hydrogen-bond donors (Lipinski definition) is 2. The van der Waals surface area contributed by atoms with E-state index in [1.807, 2.05) is 6.08 Å². The van der Waals surface area contributed by atoms with Crippen molar-refractivity contribution in [3.63, 3.8) is 0 Å². The largest absolute Gasteiger partial charge is 0.495 e. The number of aliphatic imine (C=N–C) groups is 1. The Bertz CT molecular complexity index is 2060.